The number of nitrogens with zero attached hydrogens (tertiary/aromatic N) is 1. The van der Waals surface area contributed by atoms with E-state index in [0.717, 1.165) is 25.9 Å². The number of rotatable bonds is 2. The molecule has 16 heavy (non-hydrogen) atoms. The Hall–Kier alpha value is -0.170. The third-order valence-corrected chi connectivity index (χ3v) is 5.72. The first-order valence-corrected chi connectivity index (χ1v) is 7.42. The summed E-state index contributed by atoms with van der Waals surface area (Å²) in [5.74, 6) is 0. The summed E-state index contributed by atoms with van der Waals surface area (Å²) in [6.45, 7) is 5.08. The van der Waals surface area contributed by atoms with E-state index in [1.165, 1.54) is 0 Å². The highest BCUT2D eigenvalue weighted by atomic mass is 32.2. The smallest absolute Gasteiger partial charge is 0.219 e. The van der Waals surface area contributed by atoms with Crippen LogP contribution in [0.1, 0.15) is 19.8 Å². The first-order valence-electron chi connectivity index (χ1n) is 5.91. The second-order valence-electron chi connectivity index (χ2n) is 4.55. The highest BCUT2D eigenvalue weighted by Crippen LogP contribution is 2.21. The van der Waals surface area contributed by atoms with Gasteiger partial charge in [0.05, 0.1) is 11.9 Å². The van der Waals surface area contributed by atoms with E-state index in [9.17, 15) is 8.42 Å². The van der Waals surface area contributed by atoms with Gasteiger partial charge in [0.15, 0.2) is 0 Å². The Kier molecular flexibility index (Phi) is 3.84. The molecule has 2 atom stereocenters. The van der Waals surface area contributed by atoms with Crippen LogP contribution in [0.15, 0.2) is 0 Å². The molecule has 2 aliphatic rings. The largest absolute Gasteiger partial charge is 0.380 e. The minimum absolute atomic E-state index is 0.0562. The maximum Gasteiger partial charge on any atom is 0.219 e. The Labute approximate surface area is 97.2 Å². The zero-order chi connectivity index (χ0) is 11.6. The van der Waals surface area contributed by atoms with Crippen molar-refractivity contribution in [3.05, 3.63) is 0 Å². The highest BCUT2D eigenvalue weighted by Gasteiger charge is 2.36. The van der Waals surface area contributed by atoms with Gasteiger partial charge in [0.2, 0.25) is 10.0 Å². The van der Waals surface area contributed by atoms with Crippen molar-refractivity contribution in [2.75, 3.05) is 32.8 Å². The lowest BCUT2D eigenvalue weighted by atomic mass is 10.2. The molecular weight excluding hydrogens is 228 g/mol. The van der Waals surface area contributed by atoms with Crippen molar-refractivity contribution in [3.8, 4) is 0 Å². The SMILES string of the molecule is CC1CNCCN1S(=O)(=O)C1CCCOC1. The first kappa shape index (κ1) is 12.3. The number of ether oxygens (including phenoxy) is 1. The second-order valence-corrected chi connectivity index (χ2v) is 6.71. The molecule has 0 saturated carbocycles. The molecule has 94 valence electrons. The van der Waals surface area contributed by atoms with Gasteiger partial charge < -0.3 is 10.1 Å². The summed E-state index contributed by atoms with van der Waals surface area (Å²) in [7, 11) is -3.17. The summed E-state index contributed by atoms with van der Waals surface area (Å²) in [5, 5.41) is 2.87. The predicted molar refractivity (Wildman–Crippen MR) is 61.8 cm³/mol. The van der Waals surface area contributed by atoms with Crippen molar-refractivity contribution in [1.82, 2.24) is 9.62 Å². The summed E-state index contributed by atoms with van der Waals surface area (Å²) in [6, 6.07) is 0.0562. The fourth-order valence-corrected chi connectivity index (χ4v) is 4.38. The fraction of sp³-hybridized carbons (Fsp3) is 1.00. The van der Waals surface area contributed by atoms with Crippen molar-refractivity contribution in [3.63, 3.8) is 0 Å². The van der Waals surface area contributed by atoms with E-state index in [-0.39, 0.29) is 11.3 Å². The number of nitrogens with one attached hydrogen (secondary N) is 1. The lowest BCUT2D eigenvalue weighted by molar-refractivity contribution is 0.0965. The van der Waals surface area contributed by atoms with Gasteiger partial charge in [-0.3, -0.25) is 0 Å². The Morgan fingerprint density at radius 1 is 1.44 bits per heavy atom. The lowest BCUT2D eigenvalue weighted by Crippen LogP contribution is -2.55. The quantitative estimate of drug-likeness (QED) is 0.734. The average molecular weight is 248 g/mol. The van der Waals surface area contributed by atoms with Gasteiger partial charge in [-0.2, -0.15) is 4.31 Å². The zero-order valence-electron chi connectivity index (χ0n) is 9.68. The molecule has 0 spiro atoms. The monoisotopic (exact) mass is 248 g/mol. The Bertz CT molecular complexity index is 325. The van der Waals surface area contributed by atoms with Crippen molar-refractivity contribution >= 4 is 10.0 Å². The number of piperazine rings is 1. The molecule has 2 heterocycles. The van der Waals surface area contributed by atoms with Crippen molar-refractivity contribution in [2.24, 2.45) is 0 Å². The topological polar surface area (TPSA) is 58.6 Å². The molecule has 5 nitrogen and oxygen atoms in total. The third-order valence-electron chi connectivity index (χ3n) is 3.31. The lowest BCUT2D eigenvalue weighted by Gasteiger charge is -2.36. The van der Waals surface area contributed by atoms with Crippen LogP contribution < -0.4 is 5.32 Å². The molecule has 2 rings (SSSR count). The van der Waals surface area contributed by atoms with E-state index in [1.807, 2.05) is 6.92 Å². The minimum atomic E-state index is -3.17. The number of hydrogen-bond acceptors (Lipinski definition) is 4. The summed E-state index contributed by atoms with van der Waals surface area (Å²) < 4.78 is 31.7. The van der Waals surface area contributed by atoms with Crippen molar-refractivity contribution in [1.29, 1.82) is 0 Å². The van der Waals surface area contributed by atoms with Crippen LogP contribution in [-0.4, -0.2) is 56.9 Å². The van der Waals surface area contributed by atoms with E-state index in [0.29, 0.717) is 19.8 Å². The van der Waals surface area contributed by atoms with Gasteiger partial charge in [-0.1, -0.05) is 0 Å². The Balaban J connectivity index is 2.10. The Morgan fingerprint density at radius 3 is 2.88 bits per heavy atom. The van der Waals surface area contributed by atoms with E-state index < -0.39 is 10.0 Å². The summed E-state index contributed by atoms with van der Waals surface area (Å²) >= 11 is 0. The molecule has 0 aromatic rings. The van der Waals surface area contributed by atoms with Crippen molar-refractivity contribution < 1.29 is 13.2 Å². The number of hydrogen-bond donors (Lipinski definition) is 1. The third kappa shape index (κ3) is 2.40. The predicted octanol–water partition coefficient (Wildman–Crippen LogP) is -0.211. The van der Waals surface area contributed by atoms with Crippen LogP contribution in [0, 0.1) is 0 Å². The van der Waals surface area contributed by atoms with Crippen LogP contribution >= 0.6 is 0 Å². The Morgan fingerprint density at radius 2 is 2.25 bits per heavy atom. The van der Waals surface area contributed by atoms with E-state index >= 15 is 0 Å². The van der Waals surface area contributed by atoms with E-state index in [4.69, 9.17) is 4.74 Å². The molecule has 0 radical (unpaired) electrons. The second kappa shape index (κ2) is 5.00. The normalized spacial score (nSPS) is 33.8. The highest BCUT2D eigenvalue weighted by molar-refractivity contribution is 7.89. The summed E-state index contributed by atoms with van der Waals surface area (Å²) in [6.07, 6.45) is 1.59. The summed E-state index contributed by atoms with van der Waals surface area (Å²) in [5.41, 5.74) is 0. The molecular formula is C10H20N2O3S. The van der Waals surface area contributed by atoms with E-state index in [2.05, 4.69) is 5.32 Å². The molecule has 0 aliphatic carbocycles. The van der Waals surface area contributed by atoms with Crippen LogP contribution in [0.5, 0.6) is 0 Å². The van der Waals surface area contributed by atoms with Gasteiger partial charge >= 0.3 is 0 Å². The van der Waals surface area contributed by atoms with Gasteiger partial charge in [0, 0.05) is 32.3 Å². The average Bonchev–Trinajstić information content (AvgIpc) is 2.30. The molecule has 2 aliphatic heterocycles. The van der Waals surface area contributed by atoms with Crippen LogP contribution in [0.25, 0.3) is 0 Å². The van der Waals surface area contributed by atoms with Gasteiger partial charge in [-0.25, -0.2) is 8.42 Å². The van der Waals surface area contributed by atoms with Crippen LogP contribution in [-0.2, 0) is 14.8 Å². The molecule has 0 bridgehead atoms. The van der Waals surface area contributed by atoms with Crippen LogP contribution in [0.2, 0.25) is 0 Å². The maximum atomic E-state index is 12.4. The molecule has 0 aromatic heterocycles. The standard InChI is InChI=1S/C10H20N2O3S/c1-9-7-11-4-5-12(9)16(13,14)10-3-2-6-15-8-10/h9-11H,2-8H2,1H3. The molecule has 6 heteroatoms. The van der Waals surface area contributed by atoms with Gasteiger partial charge in [0.25, 0.3) is 0 Å². The molecule has 2 unspecified atom stereocenters. The first-order chi connectivity index (χ1) is 7.62. The molecule has 0 amide bonds. The van der Waals surface area contributed by atoms with Gasteiger partial charge in [0.1, 0.15) is 0 Å². The number of sulfonamides is 1. The van der Waals surface area contributed by atoms with Gasteiger partial charge in [-0.15, -0.1) is 0 Å². The van der Waals surface area contributed by atoms with Gasteiger partial charge in [-0.05, 0) is 19.8 Å². The minimum Gasteiger partial charge on any atom is -0.380 e. The van der Waals surface area contributed by atoms with Crippen LogP contribution in [0.3, 0.4) is 0 Å². The molecule has 1 N–H and O–H groups in total. The maximum absolute atomic E-state index is 12.4. The molecule has 0 aromatic carbocycles. The molecule has 2 saturated heterocycles. The fourth-order valence-electron chi connectivity index (χ4n) is 2.34. The van der Waals surface area contributed by atoms with Crippen molar-refractivity contribution in [2.45, 2.75) is 31.1 Å². The summed E-state index contributed by atoms with van der Waals surface area (Å²) in [4.78, 5) is 0. The van der Waals surface area contributed by atoms with Crippen LogP contribution in [0.4, 0.5) is 0 Å². The van der Waals surface area contributed by atoms with E-state index in [1.54, 1.807) is 4.31 Å². The zero-order valence-corrected chi connectivity index (χ0v) is 10.5. The molecule has 2 fully saturated rings.